The maximum absolute atomic E-state index is 12.6. The quantitative estimate of drug-likeness (QED) is 0.717. The van der Waals surface area contributed by atoms with Gasteiger partial charge in [0.1, 0.15) is 11.8 Å². The molecule has 7 nitrogen and oxygen atoms in total. The summed E-state index contributed by atoms with van der Waals surface area (Å²) >= 11 is 0. The number of aryl methyl sites for hydroxylation is 1. The number of fused-ring (bicyclic) bond motifs is 1. The molecule has 1 aromatic carbocycles. The molecule has 1 aliphatic rings. The first-order valence-electron chi connectivity index (χ1n) is 8.46. The van der Waals surface area contributed by atoms with Gasteiger partial charge in [-0.1, -0.05) is 18.2 Å². The van der Waals surface area contributed by atoms with Gasteiger partial charge in [0.05, 0.1) is 12.1 Å². The van der Waals surface area contributed by atoms with E-state index < -0.39 is 0 Å². The highest BCUT2D eigenvalue weighted by atomic mass is 16.5. The van der Waals surface area contributed by atoms with Crippen molar-refractivity contribution in [2.75, 3.05) is 13.1 Å². The normalized spacial score (nSPS) is 16.8. The van der Waals surface area contributed by atoms with Gasteiger partial charge in [-0.25, -0.2) is 9.67 Å². The Morgan fingerprint density at radius 2 is 2.00 bits per heavy atom. The second kappa shape index (κ2) is 6.59. The molecular formula is C19H18N4O3. The zero-order chi connectivity index (χ0) is 18.1. The van der Waals surface area contributed by atoms with Crippen molar-refractivity contribution in [3.05, 3.63) is 64.6 Å². The number of aromatic nitrogens is 3. The summed E-state index contributed by atoms with van der Waals surface area (Å²) in [5.74, 6) is 0.362. The van der Waals surface area contributed by atoms with Crippen molar-refractivity contribution < 1.29 is 9.53 Å². The van der Waals surface area contributed by atoms with Crippen molar-refractivity contribution in [1.29, 1.82) is 0 Å². The van der Waals surface area contributed by atoms with Crippen LogP contribution in [0.1, 0.15) is 16.9 Å². The number of ether oxygens (including phenoxy) is 1. The summed E-state index contributed by atoms with van der Waals surface area (Å²) in [5, 5.41) is 5.08. The van der Waals surface area contributed by atoms with E-state index in [0.29, 0.717) is 19.0 Å². The molecule has 2 aromatic heterocycles. The Morgan fingerprint density at radius 3 is 2.85 bits per heavy atom. The third kappa shape index (κ3) is 3.15. The van der Waals surface area contributed by atoms with Crippen LogP contribution < -0.4 is 10.3 Å². The van der Waals surface area contributed by atoms with Crippen LogP contribution in [0.15, 0.2) is 53.3 Å². The minimum atomic E-state index is -0.244. The van der Waals surface area contributed by atoms with E-state index in [9.17, 15) is 9.59 Å². The van der Waals surface area contributed by atoms with Crippen LogP contribution in [0.3, 0.4) is 0 Å². The number of pyridine rings is 1. The fraction of sp³-hybridized carbons (Fsp3) is 0.263. The first kappa shape index (κ1) is 16.3. The third-order valence-corrected chi connectivity index (χ3v) is 4.47. The van der Waals surface area contributed by atoms with E-state index in [0.717, 1.165) is 22.0 Å². The summed E-state index contributed by atoms with van der Waals surface area (Å²) in [6, 6.07) is 14.5. The molecule has 0 radical (unpaired) electrons. The lowest BCUT2D eigenvalue weighted by Gasteiger charge is -2.16. The minimum absolute atomic E-state index is 0.111. The fourth-order valence-corrected chi connectivity index (χ4v) is 3.07. The van der Waals surface area contributed by atoms with Gasteiger partial charge in [-0.2, -0.15) is 5.10 Å². The van der Waals surface area contributed by atoms with E-state index in [1.165, 1.54) is 19.2 Å². The number of nitrogens with zero attached hydrogens (tertiary/aromatic N) is 4. The molecule has 0 unspecified atom stereocenters. The smallest absolute Gasteiger partial charge is 0.274 e. The molecule has 3 heterocycles. The molecule has 0 saturated carbocycles. The van der Waals surface area contributed by atoms with Crippen molar-refractivity contribution >= 4 is 16.8 Å². The average Bonchev–Trinajstić information content (AvgIpc) is 3.12. The van der Waals surface area contributed by atoms with E-state index in [4.69, 9.17) is 4.74 Å². The number of likely N-dealkylation sites (tertiary alicyclic amines) is 1. The first-order chi connectivity index (χ1) is 12.6. The molecule has 1 aliphatic heterocycles. The van der Waals surface area contributed by atoms with Gasteiger partial charge in [-0.05, 0) is 18.2 Å². The lowest BCUT2D eigenvalue weighted by Crippen LogP contribution is -2.33. The standard InChI is InChI=1S/C19H18N4O3/c1-22-18(24)9-7-16(21-22)19(25)23-11-10-14(12-23)26-17-8-6-13-4-2-3-5-15(13)20-17/h2-9,14H,10-12H2,1H3/t14-/m1/s1. The molecule has 1 saturated heterocycles. The predicted molar refractivity (Wildman–Crippen MR) is 96.2 cm³/mol. The molecule has 0 aliphatic carbocycles. The van der Waals surface area contributed by atoms with Crippen LogP contribution in [0, 0.1) is 0 Å². The molecule has 0 bridgehead atoms. The average molecular weight is 350 g/mol. The highest BCUT2D eigenvalue weighted by Gasteiger charge is 2.29. The summed E-state index contributed by atoms with van der Waals surface area (Å²) in [6.07, 6.45) is 0.617. The Labute approximate surface area is 149 Å². The van der Waals surface area contributed by atoms with E-state index in [1.807, 2.05) is 36.4 Å². The summed E-state index contributed by atoms with van der Waals surface area (Å²) in [4.78, 5) is 30.2. The van der Waals surface area contributed by atoms with Gasteiger partial charge in [0.25, 0.3) is 11.5 Å². The van der Waals surface area contributed by atoms with Crippen LogP contribution >= 0.6 is 0 Å². The minimum Gasteiger partial charge on any atom is -0.472 e. The van der Waals surface area contributed by atoms with Gasteiger partial charge in [0, 0.05) is 37.5 Å². The highest BCUT2D eigenvalue weighted by Crippen LogP contribution is 2.21. The number of hydrogen-bond acceptors (Lipinski definition) is 5. The fourth-order valence-electron chi connectivity index (χ4n) is 3.07. The van der Waals surface area contributed by atoms with Crippen molar-refractivity contribution in [1.82, 2.24) is 19.7 Å². The molecule has 1 amide bonds. The van der Waals surface area contributed by atoms with Crippen LogP contribution in [-0.4, -0.2) is 44.8 Å². The number of hydrogen-bond donors (Lipinski definition) is 0. The van der Waals surface area contributed by atoms with Crippen LogP contribution in [-0.2, 0) is 7.05 Å². The van der Waals surface area contributed by atoms with Crippen molar-refractivity contribution in [2.45, 2.75) is 12.5 Å². The third-order valence-electron chi connectivity index (χ3n) is 4.47. The molecule has 4 rings (SSSR count). The molecule has 132 valence electrons. The molecule has 0 spiro atoms. The van der Waals surface area contributed by atoms with Crippen LogP contribution in [0.2, 0.25) is 0 Å². The number of para-hydroxylation sites is 1. The van der Waals surface area contributed by atoms with E-state index in [1.54, 1.807) is 4.90 Å². The van der Waals surface area contributed by atoms with Crippen LogP contribution in [0.4, 0.5) is 0 Å². The topological polar surface area (TPSA) is 77.3 Å². The van der Waals surface area contributed by atoms with Gasteiger partial charge < -0.3 is 9.64 Å². The van der Waals surface area contributed by atoms with Crippen LogP contribution in [0.25, 0.3) is 10.9 Å². The SMILES string of the molecule is Cn1nc(C(=O)N2CC[C@@H](Oc3ccc4ccccc4n3)C2)ccc1=O. The molecule has 7 heteroatoms. The molecule has 1 atom stereocenters. The Morgan fingerprint density at radius 1 is 1.15 bits per heavy atom. The largest absolute Gasteiger partial charge is 0.472 e. The van der Waals surface area contributed by atoms with Gasteiger partial charge in [0.2, 0.25) is 5.88 Å². The van der Waals surface area contributed by atoms with Crippen LogP contribution in [0.5, 0.6) is 5.88 Å². The molecular weight excluding hydrogens is 332 g/mol. The lowest BCUT2D eigenvalue weighted by molar-refractivity contribution is 0.0763. The highest BCUT2D eigenvalue weighted by molar-refractivity contribution is 5.92. The number of amides is 1. The van der Waals surface area contributed by atoms with E-state index in [2.05, 4.69) is 10.1 Å². The van der Waals surface area contributed by atoms with E-state index >= 15 is 0 Å². The Bertz CT molecular complexity index is 1030. The van der Waals surface area contributed by atoms with Crippen molar-refractivity contribution in [3.8, 4) is 5.88 Å². The monoisotopic (exact) mass is 350 g/mol. The van der Waals surface area contributed by atoms with Gasteiger partial charge in [-0.3, -0.25) is 9.59 Å². The summed E-state index contributed by atoms with van der Waals surface area (Å²) in [6.45, 7) is 1.06. The van der Waals surface area contributed by atoms with Gasteiger partial charge >= 0.3 is 0 Å². The van der Waals surface area contributed by atoms with Crippen molar-refractivity contribution in [2.24, 2.45) is 7.05 Å². The predicted octanol–water partition coefficient (Wildman–Crippen LogP) is 1.62. The number of carbonyl (C=O) groups is 1. The molecule has 26 heavy (non-hydrogen) atoms. The maximum atomic E-state index is 12.6. The molecule has 1 fully saturated rings. The molecule has 3 aromatic rings. The van der Waals surface area contributed by atoms with Crippen molar-refractivity contribution in [3.63, 3.8) is 0 Å². The number of rotatable bonds is 3. The second-order valence-corrected chi connectivity index (χ2v) is 6.30. The zero-order valence-corrected chi connectivity index (χ0v) is 14.3. The Balaban J connectivity index is 1.44. The zero-order valence-electron chi connectivity index (χ0n) is 14.3. The number of benzene rings is 1. The Kier molecular flexibility index (Phi) is 4.12. The summed E-state index contributed by atoms with van der Waals surface area (Å²) in [5.41, 5.74) is 0.897. The molecule has 0 N–H and O–H groups in total. The summed E-state index contributed by atoms with van der Waals surface area (Å²) in [7, 11) is 1.53. The maximum Gasteiger partial charge on any atom is 0.274 e. The Hall–Kier alpha value is -3.22. The van der Waals surface area contributed by atoms with Gasteiger partial charge in [-0.15, -0.1) is 0 Å². The lowest BCUT2D eigenvalue weighted by atomic mass is 10.2. The first-order valence-corrected chi connectivity index (χ1v) is 8.46. The second-order valence-electron chi connectivity index (χ2n) is 6.30. The number of carbonyl (C=O) groups excluding carboxylic acids is 1. The van der Waals surface area contributed by atoms with E-state index in [-0.39, 0.29) is 23.3 Å². The summed E-state index contributed by atoms with van der Waals surface area (Å²) < 4.78 is 7.12. The van der Waals surface area contributed by atoms with Gasteiger partial charge in [0.15, 0.2) is 0 Å².